The van der Waals surface area contributed by atoms with Crippen LogP contribution < -0.4 is 15.8 Å². The Labute approximate surface area is 193 Å². The van der Waals surface area contributed by atoms with Crippen LogP contribution in [0.1, 0.15) is 40.9 Å². The van der Waals surface area contributed by atoms with Crippen LogP contribution in [0.25, 0.3) is 0 Å². The number of hydrogen-bond donors (Lipinski definition) is 3. The molecular weight excluding hydrogens is 455 g/mol. The molecule has 174 valence electrons. The van der Waals surface area contributed by atoms with Crippen molar-refractivity contribution in [3.05, 3.63) is 47.2 Å². The highest BCUT2D eigenvalue weighted by atomic mass is 32.2. The lowest BCUT2D eigenvalue weighted by molar-refractivity contribution is 0.102. The van der Waals surface area contributed by atoms with Crippen LogP contribution in [-0.2, 0) is 0 Å². The Morgan fingerprint density at radius 1 is 1.45 bits per heavy atom. The lowest BCUT2D eigenvalue weighted by Gasteiger charge is -2.21. The van der Waals surface area contributed by atoms with Gasteiger partial charge < -0.3 is 15.8 Å². The van der Waals surface area contributed by atoms with Crippen LogP contribution >= 0.6 is 11.8 Å². The van der Waals surface area contributed by atoms with E-state index in [1.165, 1.54) is 31.5 Å². The van der Waals surface area contributed by atoms with Gasteiger partial charge in [-0.1, -0.05) is 24.6 Å². The number of nitrogens with two attached hydrogens (primary N) is 1. The fourth-order valence-electron chi connectivity index (χ4n) is 3.74. The zero-order valence-corrected chi connectivity index (χ0v) is 18.7. The average molecular weight is 478 g/mol. The molecule has 1 aliphatic carbocycles. The van der Waals surface area contributed by atoms with Gasteiger partial charge in [-0.3, -0.25) is 10.2 Å². The third-order valence-corrected chi connectivity index (χ3v) is 6.72. The van der Waals surface area contributed by atoms with E-state index in [1.54, 1.807) is 6.92 Å². The molecule has 0 aliphatic heterocycles. The minimum atomic E-state index is -2.71. The quantitative estimate of drug-likeness (QED) is 0.302. The molecule has 11 heteroatoms. The summed E-state index contributed by atoms with van der Waals surface area (Å²) in [6, 6.07) is 2.87. The Morgan fingerprint density at radius 3 is 2.76 bits per heavy atom. The molecule has 1 aromatic heterocycles. The zero-order chi connectivity index (χ0) is 24.3. The molecule has 3 atom stereocenters. The number of aryl methyl sites for hydroxylation is 1. The van der Waals surface area contributed by atoms with Crippen molar-refractivity contribution in [3.8, 4) is 18.2 Å². The molecule has 1 fully saturated rings. The van der Waals surface area contributed by atoms with Crippen LogP contribution in [-0.4, -0.2) is 38.8 Å². The largest absolute Gasteiger partial charge is 0.463 e. The van der Waals surface area contributed by atoms with Crippen molar-refractivity contribution in [2.75, 3.05) is 11.9 Å². The summed E-state index contributed by atoms with van der Waals surface area (Å²) in [5.41, 5.74) is 6.08. The second kappa shape index (κ2) is 9.70. The van der Waals surface area contributed by atoms with Gasteiger partial charge in [0.05, 0.1) is 17.1 Å². The van der Waals surface area contributed by atoms with Crippen LogP contribution in [0, 0.1) is 36.4 Å². The van der Waals surface area contributed by atoms with E-state index in [4.69, 9.17) is 22.3 Å². The third kappa shape index (κ3) is 5.22. The number of alkyl halides is 2. The number of amides is 1. The molecule has 0 radical (unpaired) electrons. The minimum Gasteiger partial charge on any atom is -0.463 e. The molecule has 7 nitrogen and oxygen atoms in total. The second-order valence-corrected chi connectivity index (χ2v) is 9.11. The minimum absolute atomic E-state index is 0.00333. The second-order valence-electron chi connectivity index (χ2n) is 7.70. The van der Waals surface area contributed by atoms with E-state index in [9.17, 15) is 18.0 Å². The molecule has 1 heterocycles. The van der Waals surface area contributed by atoms with Gasteiger partial charge in [-0.05, 0) is 48.4 Å². The van der Waals surface area contributed by atoms with Gasteiger partial charge in [-0.2, -0.15) is 0 Å². The van der Waals surface area contributed by atoms with Gasteiger partial charge in [0.1, 0.15) is 11.5 Å². The molecule has 0 spiro atoms. The molecule has 1 unspecified atom stereocenters. The molecule has 4 N–H and O–H groups in total. The van der Waals surface area contributed by atoms with Gasteiger partial charge in [0.15, 0.2) is 11.8 Å². The van der Waals surface area contributed by atoms with E-state index in [-0.39, 0.29) is 41.4 Å². The molecule has 0 saturated heterocycles. The molecule has 1 aliphatic rings. The topological polar surface area (TPSA) is 114 Å². The smallest absolute Gasteiger partial charge is 0.275 e. The molecule has 2 aromatic rings. The van der Waals surface area contributed by atoms with Gasteiger partial charge in [-0.25, -0.2) is 23.1 Å². The monoisotopic (exact) mass is 477 g/mol. The summed E-state index contributed by atoms with van der Waals surface area (Å²) in [7, 11) is 0. The maximum absolute atomic E-state index is 14.9. The molecule has 3 rings (SSSR count). The van der Waals surface area contributed by atoms with E-state index in [2.05, 4.69) is 21.2 Å². The number of carbonyl (C=O) groups is 1. The van der Waals surface area contributed by atoms with Crippen molar-refractivity contribution in [1.29, 1.82) is 5.41 Å². The number of rotatable bonds is 8. The number of terminal acetylenes is 1. The molecule has 1 aromatic carbocycles. The molecular formula is C22H22F3N5O2S. The fourth-order valence-corrected chi connectivity index (χ4v) is 4.85. The zero-order valence-electron chi connectivity index (χ0n) is 17.9. The van der Waals surface area contributed by atoms with Crippen molar-refractivity contribution >= 4 is 28.5 Å². The van der Waals surface area contributed by atoms with Crippen molar-refractivity contribution in [2.24, 2.45) is 11.7 Å². The Balaban J connectivity index is 1.79. The first-order valence-corrected chi connectivity index (χ1v) is 10.7. The number of halogens is 3. The normalized spacial score (nSPS) is 20.1. The summed E-state index contributed by atoms with van der Waals surface area (Å²) in [4.78, 5) is 20.5. The van der Waals surface area contributed by atoms with E-state index >= 15 is 0 Å². The number of thioether (sulfide) groups is 1. The summed E-state index contributed by atoms with van der Waals surface area (Å²) in [6.07, 6.45) is 4.96. The summed E-state index contributed by atoms with van der Waals surface area (Å²) in [6.45, 7) is 3.18. The number of anilines is 1. The Bertz CT molecular complexity index is 1110. The first-order valence-electron chi connectivity index (χ1n) is 9.90. The lowest BCUT2D eigenvalue weighted by Crippen LogP contribution is -2.25. The maximum Gasteiger partial charge on any atom is 0.275 e. The number of nitrogens with one attached hydrogen (secondary N) is 2. The number of amidine groups is 1. The standard InChI is InChI=1S/C22H22F3N5O2S/c1-4-5-32-17-10-28-16(9-29-17)19(31)30-13-6-11(2)18(23)14(7-13)12(3)15-8-22(15,20(24)25)33-21(26)27/h1,6-7,9-10,12,15,20H,5,8H2,2-3H3,(H3,26,27)(H,30,31)/t12-,15?,22+/m1/s1. The highest BCUT2D eigenvalue weighted by molar-refractivity contribution is 8.15. The van der Waals surface area contributed by atoms with E-state index in [0.717, 1.165) is 0 Å². The van der Waals surface area contributed by atoms with E-state index in [0.29, 0.717) is 11.8 Å². The predicted octanol–water partition coefficient (Wildman–Crippen LogP) is 3.94. The summed E-state index contributed by atoms with van der Waals surface area (Å²) >= 11 is 0.618. The number of aromatic nitrogens is 2. The SMILES string of the molecule is C#CCOc1cnc(C(=O)Nc2cc(C)c(F)c([C@@H](C)C3C[C@@]3(SC(=N)N)C(F)F)c2)cn1. The third-order valence-electron chi connectivity index (χ3n) is 5.47. The molecule has 1 saturated carbocycles. The Morgan fingerprint density at radius 2 is 2.18 bits per heavy atom. The van der Waals surface area contributed by atoms with Gasteiger partial charge in [0, 0.05) is 5.69 Å². The number of hydrogen-bond acceptors (Lipinski definition) is 6. The molecule has 1 amide bonds. The van der Waals surface area contributed by atoms with Crippen LogP contribution in [0.15, 0.2) is 24.5 Å². The van der Waals surface area contributed by atoms with Crippen LogP contribution in [0.4, 0.5) is 18.9 Å². The van der Waals surface area contributed by atoms with E-state index in [1.807, 2.05) is 0 Å². The first-order chi connectivity index (χ1) is 15.6. The first kappa shape index (κ1) is 24.4. The molecule has 33 heavy (non-hydrogen) atoms. The number of ether oxygens (including phenoxy) is 1. The van der Waals surface area contributed by atoms with Crippen molar-refractivity contribution in [1.82, 2.24) is 9.97 Å². The average Bonchev–Trinajstić information content (AvgIpc) is 3.49. The number of carbonyl (C=O) groups excluding carboxylic acids is 1. The fraction of sp³-hybridized carbons (Fsp3) is 0.364. The van der Waals surface area contributed by atoms with Crippen molar-refractivity contribution in [2.45, 2.75) is 37.4 Å². The Hall–Kier alpha value is -3.26. The predicted molar refractivity (Wildman–Crippen MR) is 120 cm³/mol. The summed E-state index contributed by atoms with van der Waals surface area (Å²) in [5.74, 6) is 0.163. The van der Waals surface area contributed by atoms with Crippen LogP contribution in [0.3, 0.4) is 0 Å². The number of nitrogens with zero attached hydrogens (tertiary/aromatic N) is 2. The summed E-state index contributed by atoms with van der Waals surface area (Å²) in [5, 5.41) is 9.62. The lowest BCUT2D eigenvalue weighted by atomic mass is 9.92. The summed E-state index contributed by atoms with van der Waals surface area (Å²) < 4.78 is 46.0. The Kier molecular flexibility index (Phi) is 7.17. The van der Waals surface area contributed by atoms with Crippen LogP contribution in [0.5, 0.6) is 5.88 Å². The maximum atomic E-state index is 14.9. The van der Waals surface area contributed by atoms with Crippen molar-refractivity contribution in [3.63, 3.8) is 0 Å². The van der Waals surface area contributed by atoms with Gasteiger partial charge in [0.25, 0.3) is 12.3 Å². The van der Waals surface area contributed by atoms with Crippen molar-refractivity contribution < 1.29 is 22.7 Å². The van der Waals surface area contributed by atoms with Gasteiger partial charge in [0.2, 0.25) is 5.88 Å². The van der Waals surface area contributed by atoms with Gasteiger partial charge in [-0.15, -0.1) is 6.42 Å². The highest BCUT2D eigenvalue weighted by Gasteiger charge is 2.64. The number of benzene rings is 1. The van der Waals surface area contributed by atoms with Crippen LogP contribution in [0.2, 0.25) is 0 Å². The highest BCUT2D eigenvalue weighted by Crippen LogP contribution is 2.63. The molecule has 0 bridgehead atoms. The van der Waals surface area contributed by atoms with Gasteiger partial charge >= 0.3 is 0 Å². The van der Waals surface area contributed by atoms with E-state index < -0.39 is 39.9 Å².